The largest absolute Gasteiger partial charge is 0.508 e. The summed E-state index contributed by atoms with van der Waals surface area (Å²) in [7, 11) is 0. The summed E-state index contributed by atoms with van der Waals surface area (Å²) in [6.07, 6.45) is 2.59. The Hall–Kier alpha value is -4.38. The van der Waals surface area contributed by atoms with Crippen molar-refractivity contribution in [3.05, 3.63) is 65.9 Å². The van der Waals surface area contributed by atoms with Crippen molar-refractivity contribution in [1.82, 2.24) is 20.9 Å². The number of H-pyrrole nitrogens is 1. The first kappa shape index (κ1) is 32.1. The molecule has 11 heteroatoms. The predicted octanol–water partition coefficient (Wildman–Crippen LogP) is 2.23. The lowest BCUT2D eigenvalue weighted by Gasteiger charge is -2.28. The van der Waals surface area contributed by atoms with E-state index >= 15 is 0 Å². The zero-order valence-corrected chi connectivity index (χ0v) is 24.4. The van der Waals surface area contributed by atoms with Crippen LogP contribution in [-0.2, 0) is 32.0 Å². The molecule has 0 fully saturated rings. The summed E-state index contributed by atoms with van der Waals surface area (Å²) in [6, 6.07) is 9.63. The highest BCUT2D eigenvalue weighted by atomic mass is 16.4. The number of nitrogens with two attached hydrogens (primary N) is 1. The molecule has 1 heterocycles. The summed E-state index contributed by atoms with van der Waals surface area (Å²) in [5.74, 6) is -3.53. The number of carbonyl (C=O) groups is 4. The first-order valence-electron chi connectivity index (χ1n) is 14.1. The van der Waals surface area contributed by atoms with Crippen molar-refractivity contribution in [2.24, 2.45) is 17.6 Å². The van der Waals surface area contributed by atoms with Gasteiger partial charge in [-0.1, -0.05) is 64.4 Å². The van der Waals surface area contributed by atoms with Gasteiger partial charge >= 0.3 is 5.97 Å². The molecule has 8 N–H and O–H groups in total. The van der Waals surface area contributed by atoms with Crippen molar-refractivity contribution >= 4 is 34.6 Å². The maximum Gasteiger partial charge on any atom is 0.326 e. The number of para-hydroxylation sites is 1. The average molecular weight is 580 g/mol. The number of aliphatic carboxylic acids is 1. The molecular weight excluding hydrogens is 538 g/mol. The second-order valence-electron chi connectivity index (χ2n) is 11.0. The fourth-order valence-electron chi connectivity index (χ4n) is 4.70. The molecule has 3 amide bonds. The van der Waals surface area contributed by atoms with Crippen LogP contribution in [0.2, 0.25) is 0 Å². The maximum atomic E-state index is 13.7. The third kappa shape index (κ3) is 8.32. The van der Waals surface area contributed by atoms with Crippen LogP contribution in [0.4, 0.5) is 0 Å². The van der Waals surface area contributed by atoms with Gasteiger partial charge in [0.05, 0.1) is 6.04 Å². The second kappa shape index (κ2) is 14.5. The van der Waals surface area contributed by atoms with Crippen molar-refractivity contribution in [2.45, 2.75) is 71.1 Å². The molecule has 3 aromatic rings. The van der Waals surface area contributed by atoms with Crippen LogP contribution >= 0.6 is 0 Å². The molecule has 0 saturated heterocycles. The third-order valence-electron chi connectivity index (χ3n) is 7.48. The summed E-state index contributed by atoms with van der Waals surface area (Å²) < 4.78 is 0. The van der Waals surface area contributed by atoms with Crippen LogP contribution in [0.25, 0.3) is 10.9 Å². The highest BCUT2D eigenvalue weighted by Crippen LogP contribution is 2.20. The summed E-state index contributed by atoms with van der Waals surface area (Å²) in [5, 5.41) is 28.1. The highest BCUT2D eigenvalue weighted by Gasteiger charge is 2.33. The number of nitrogens with one attached hydrogen (secondary N) is 4. The number of hydrogen-bond donors (Lipinski definition) is 7. The van der Waals surface area contributed by atoms with Crippen molar-refractivity contribution < 1.29 is 29.4 Å². The fourth-order valence-corrected chi connectivity index (χ4v) is 4.70. The van der Waals surface area contributed by atoms with E-state index in [1.54, 1.807) is 32.2 Å². The number of phenolic OH excluding ortho intramolecular Hbond substituents is 1. The Morgan fingerprint density at radius 2 is 1.50 bits per heavy atom. The molecule has 5 unspecified atom stereocenters. The third-order valence-corrected chi connectivity index (χ3v) is 7.48. The van der Waals surface area contributed by atoms with E-state index in [2.05, 4.69) is 20.9 Å². The standard InChI is InChI=1S/C31H41N5O6/c1-5-18(4)27(36-28(38)23(32)14-19-10-12-21(37)13-11-19)30(40)34-25(29(39)35-26(17(2)3)31(41)42)15-20-16-33-24-9-7-6-8-22(20)24/h6-13,16-18,23,25-27,33,37H,5,14-15,32H2,1-4H3,(H,34,40)(H,35,39)(H,36,38)(H,41,42). The summed E-state index contributed by atoms with van der Waals surface area (Å²) >= 11 is 0. The molecule has 11 nitrogen and oxygen atoms in total. The number of aromatic nitrogens is 1. The second-order valence-corrected chi connectivity index (χ2v) is 11.0. The van der Waals surface area contributed by atoms with E-state index < -0.39 is 53.8 Å². The van der Waals surface area contributed by atoms with E-state index in [9.17, 15) is 29.4 Å². The number of benzene rings is 2. The molecule has 0 spiro atoms. The van der Waals surface area contributed by atoms with E-state index in [4.69, 9.17) is 5.73 Å². The van der Waals surface area contributed by atoms with Crippen LogP contribution in [0.5, 0.6) is 5.75 Å². The smallest absolute Gasteiger partial charge is 0.326 e. The van der Waals surface area contributed by atoms with Gasteiger partial charge < -0.3 is 36.9 Å². The van der Waals surface area contributed by atoms with Crippen LogP contribution in [0.15, 0.2) is 54.7 Å². The van der Waals surface area contributed by atoms with Crippen LogP contribution < -0.4 is 21.7 Å². The molecule has 0 aliphatic heterocycles. The number of hydrogen-bond acceptors (Lipinski definition) is 6. The monoisotopic (exact) mass is 579 g/mol. The Morgan fingerprint density at radius 3 is 2.12 bits per heavy atom. The molecule has 0 radical (unpaired) electrons. The van der Waals surface area contributed by atoms with Gasteiger partial charge in [0.15, 0.2) is 0 Å². The number of aromatic hydroxyl groups is 1. The van der Waals surface area contributed by atoms with Crippen molar-refractivity contribution in [3.8, 4) is 5.75 Å². The molecule has 0 aliphatic carbocycles. The Bertz CT molecular complexity index is 1390. The van der Waals surface area contributed by atoms with Crippen LogP contribution in [0.1, 0.15) is 45.2 Å². The van der Waals surface area contributed by atoms with Gasteiger partial charge in [0.2, 0.25) is 17.7 Å². The minimum absolute atomic E-state index is 0.0908. The van der Waals surface area contributed by atoms with Crippen molar-refractivity contribution in [3.63, 3.8) is 0 Å². The molecule has 0 saturated carbocycles. The first-order valence-corrected chi connectivity index (χ1v) is 14.1. The van der Waals surface area contributed by atoms with Gasteiger partial charge in [-0.15, -0.1) is 0 Å². The van der Waals surface area contributed by atoms with Gasteiger partial charge in [-0.25, -0.2) is 4.79 Å². The topological polar surface area (TPSA) is 187 Å². The zero-order valence-electron chi connectivity index (χ0n) is 24.4. The van der Waals surface area contributed by atoms with E-state index in [0.29, 0.717) is 6.42 Å². The molecule has 0 aliphatic rings. The van der Waals surface area contributed by atoms with Crippen LogP contribution in [-0.4, -0.2) is 63.1 Å². The van der Waals surface area contributed by atoms with Gasteiger partial charge in [0.1, 0.15) is 23.9 Å². The molecular formula is C31H41N5O6. The van der Waals surface area contributed by atoms with Gasteiger partial charge in [0, 0.05) is 23.5 Å². The SMILES string of the molecule is CCC(C)C(NC(=O)C(N)Cc1ccc(O)cc1)C(=O)NC(Cc1c[nH]c2ccccc12)C(=O)NC(C(=O)O)C(C)C. The maximum absolute atomic E-state index is 13.7. The molecule has 3 rings (SSSR count). The summed E-state index contributed by atoms with van der Waals surface area (Å²) in [4.78, 5) is 55.1. The fraction of sp³-hybridized carbons (Fsp3) is 0.419. The average Bonchev–Trinajstić information content (AvgIpc) is 3.36. The van der Waals surface area contributed by atoms with E-state index in [0.717, 1.165) is 22.0 Å². The molecule has 42 heavy (non-hydrogen) atoms. The van der Waals surface area contributed by atoms with E-state index in [-0.39, 0.29) is 24.5 Å². The number of aromatic amines is 1. The minimum atomic E-state index is -1.18. The molecule has 0 bridgehead atoms. The number of phenols is 1. The Balaban J connectivity index is 1.82. The lowest BCUT2D eigenvalue weighted by atomic mass is 9.96. The number of rotatable bonds is 14. The number of carbonyl (C=O) groups excluding carboxylic acids is 3. The zero-order chi connectivity index (χ0) is 31.0. The molecule has 226 valence electrons. The quantitative estimate of drug-likeness (QED) is 0.152. The Kier molecular flexibility index (Phi) is 11.1. The lowest BCUT2D eigenvalue weighted by Crippen LogP contribution is -2.59. The first-order chi connectivity index (χ1) is 19.9. The molecule has 1 aromatic heterocycles. The lowest BCUT2D eigenvalue weighted by molar-refractivity contribution is -0.143. The molecule has 5 atom stereocenters. The number of amides is 3. The number of fused-ring (bicyclic) bond motifs is 1. The number of carboxylic acid groups (broad SMARTS) is 1. The van der Waals surface area contributed by atoms with E-state index in [1.807, 2.05) is 38.1 Å². The van der Waals surface area contributed by atoms with Crippen LogP contribution in [0, 0.1) is 11.8 Å². The van der Waals surface area contributed by atoms with Gasteiger partial charge in [-0.05, 0) is 47.6 Å². The van der Waals surface area contributed by atoms with Gasteiger partial charge in [-0.3, -0.25) is 14.4 Å². The highest BCUT2D eigenvalue weighted by molar-refractivity contribution is 5.95. The summed E-state index contributed by atoms with van der Waals surface area (Å²) in [6.45, 7) is 7.05. The number of carboxylic acids is 1. The summed E-state index contributed by atoms with van der Waals surface area (Å²) in [5.41, 5.74) is 8.52. The Labute approximate surface area is 245 Å². The van der Waals surface area contributed by atoms with Gasteiger partial charge in [-0.2, -0.15) is 0 Å². The minimum Gasteiger partial charge on any atom is -0.508 e. The Morgan fingerprint density at radius 1 is 0.857 bits per heavy atom. The van der Waals surface area contributed by atoms with Crippen molar-refractivity contribution in [1.29, 1.82) is 0 Å². The normalized spacial score (nSPS) is 14.9. The van der Waals surface area contributed by atoms with Crippen molar-refractivity contribution in [2.75, 3.05) is 0 Å². The predicted molar refractivity (Wildman–Crippen MR) is 160 cm³/mol. The molecule has 2 aromatic carbocycles. The van der Waals surface area contributed by atoms with E-state index in [1.165, 1.54) is 12.1 Å². The van der Waals surface area contributed by atoms with Gasteiger partial charge in [0.25, 0.3) is 0 Å². The van der Waals surface area contributed by atoms with Crippen LogP contribution in [0.3, 0.4) is 0 Å².